The van der Waals surface area contributed by atoms with E-state index in [1.807, 2.05) is 57.3 Å². The van der Waals surface area contributed by atoms with Gasteiger partial charge in [0.15, 0.2) is 0 Å². The second kappa shape index (κ2) is 11.2. The van der Waals surface area contributed by atoms with Gasteiger partial charge in [-0.15, -0.1) is 0 Å². The van der Waals surface area contributed by atoms with E-state index in [0.717, 1.165) is 65.3 Å². The molecule has 0 N–H and O–H groups in total. The number of anilines is 1. The molecule has 2 aromatic carbocycles. The first kappa shape index (κ1) is 25.7. The number of nitrogens with zero attached hydrogens (tertiary/aromatic N) is 2. The highest BCUT2D eigenvalue weighted by Crippen LogP contribution is 2.40. The first-order chi connectivity index (χ1) is 17.2. The molecular weight excluding hydrogens is 448 g/mol. The van der Waals surface area contributed by atoms with E-state index < -0.39 is 0 Å². The molecule has 0 amide bonds. The Hall–Kier alpha value is -3.34. The van der Waals surface area contributed by atoms with Crippen LogP contribution in [0.25, 0.3) is 11.1 Å². The number of carbonyl (C=O) groups excluding carboxylic acids is 1. The SMILES string of the molecule is Cc1ncc(-c2ccc(OCc3ccccc3)cc2)c(N2CCC(C)(C)CC2)c1CC(=O)OC(C)C. The molecule has 0 unspecified atom stereocenters. The van der Waals surface area contributed by atoms with Crippen LogP contribution in [0, 0.1) is 12.3 Å². The van der Waals surface area contributed by atoms with E-state index in [2.05, 4.69) is 43.0 Å². The summed E-state index contributed by atoms with van der Waals surface area (Å²) in [6, 6.07) is 18.3. The second-order valence-electron chi connectivity index (χ2n) is 10.7. The number of hydrogen-bond acceptors (Lipinski definition) is 5. The Labute approximate surface area is 215 Å². The quantitative estimate of drug-likeness (QED) is 0.329. The molecular formula is C31H38N2O3. The van der Waals surface area contributed by atoms with Gasteiger partial charge in [0.1, 0.15) is 12.4 Å². The first-order valence-corrected chi connectivity index (χ1v) is 12.9. The molecule has 0 bridgehead atoms. The summed E-state index contributed by atoms with van der Waals surface area (Å²) >= 11 is 0. The molecule has 0 aliphatic carbocycles. The third-order valence-corrected chi connectivity index (χ3v) is 6.90. The fraction of sp³-hybridized carbons (Fsp3) is 0.419. The molecule has 36 heavy (non-hydrogen) atoms. The molecule has 1 saturated heterocycles. The highest BCUT2D eigenvalue weighted by atomic mass is 16.5. The number of carbonyl (C=O) groups is 1. The summed E-state index contributed by atoms with van der Waals surface area (Å²) in [6.07, 6.45) is 4.24. The zero-order valence-electron chi connectivity index (χ0n) is 22.2. The highest BCUT2D eigenvalue weighted by Gasteiger charge is 2.29. The molecule has 0 spiro atoms. The lowest BCUT2D eigenvalue weighted by Crippen LogP contribution is -2.38. The van der Waals surface area contributed by atoms with E-state index in [1.54, 1.807) is 0 Å². The predicted molar refractivity (Wildman–Crippen MR) is 145 cm³/mol. The zero-order valence-corrected chi connectivity index (χ0v) is 22.2. The number of aryl methyl sites for hydroxylation is 1. The molecule has 5 nitrogen and oxygen atoms in total. The van der Waals surface area contributed by atoms with E-state index >= 15 is 0 Å². The van der Waals surface area contributed by atoms with Crippen molar-refractivity contribution in [2.45, 2.75) is 66.6 Å². The van der Waals surface area contributed by atoms with Gasteiger partial charge in [-0.05, 0) is 62.3 Å². The van der Waals surface area contributed by atoms with E-state index in [0.29, 0.717) is 12.0 Å². The topological polar surface area (TPSA) is 51.7 Å². The van der Waals surface area contributed by atoms with Gasteiger partial charge in [0.25, 0.3) is 0 Å². The molecule has 0 radical (unpaired) electrons. The summed E-state index contributed by atoms with van der Waals surface area (Å²) in [5.74, 6) is 0.611. The van der Waals surface area contributed by atoms with Crippen molar-refractivity contribution in [3.63, 3.8) is 0 Å². The Morgan fingerprint density at radius 3 is 2.33 bits per heavy atom. The van der Waals surface area contributed by atoms with Gasteiger partial charge in [-0.3, -0.25) is 9.78 Å². The van der Waals surface area contributed by atoms with Crippen LogP contribution in [-0.4, -0.2) is 30.1 Å². The number of ether oxygens (including phenoxy) is 2. The number of rotatable bonds is 8. The minimum Gasteiger partial charge on any atom is -0.489 e. The van der Waals surface area contributed by atoms with E-state index in [9.17, 15) is 4.79 Å². The predicted octanol–water partition coefficient (Wildman–Crippen LogP) is 6.76. The van der Waals surface area contributed by atoms with Crippen LogP contribution in [-0.2, 0) is 22.6 Å². The van der Waals surface area contributed by atoms with Crippen molar-refractivity contribution in [3.8, 4) is 16.9 Å². The Kier molecular flexibility index (Phi) is 7.97. The maximum Gasteiger partial charge on any atom is 0.310 e. The summed E-state index contributed by atoms with van der Waals surface area (Å²) in [5, 5.41) is 0. The molecule has 190 valence electrons. The largest absolute Gasteiger partial charge is 0.489 e. The smallest absolute Gasteiger partial charge is 0.310 e. The van der Waals surface area contributed by atoms with Gasteiger partial charge in [0.05, 0.1) is 18.2 Å². The third-order valence-electron chi connectivity index (χ3n) is 6.90. The Bertz CT molecular complexity index is 1160. The summed E-state index contributed by atoms with van der Waals surface area (Å²) in [5.41, 5.74) is 6.52. The number of benzene rings is 2. The first-order valence-electron chi connectivity index (χ1n) is 12.9. The molecule has 3 aromatic rings. The Morgan fingerprint density at radius 2 is 1.69 bits per heavy atom. The van der Waals surface area contributed by atoms with Crippen molar-refractivity contribution in [2.75, 3.05) is 18.0 Å². The number of hydrogen-bond donors (Lipinski definition) is 0. The fourth-order valence-electron chi connectivity index (χ4n) is 4.67. The molecule has 1 fully saturated rings. The van der Waals surface area contributed by atoms with Crippen LogP contribution in [0.3, 0.4) is 0 Å². The lowest BCUT2D eigenvalue weighted by molar-refractivity contribution is -0.146. The fourth-order valence-corrected chi connectivity index (χ4v) is 4.67. The van der Waals surface area contributed by atoms with Gasteiger partial charge in [-0.2, -0.15) is 0 Å². The van der Waals surface area contributed by atoms with E-state index in [-0.39, 0.29) is 18.5 Å². The van der Waals surface area contributed by atoms with Gasteiger partial charge in [0.2, 0.25) is 0 Å². The minimum absolute atomic E-state index is 0.142. The van der Waals surface area contributed by atoms with E-state index in [1.165, 1.54) is 0 Å². The Morgan fingerprint density at radius 1 is 1.03 bits per heavy atom. The van der Waals surface area contributed by atoms with Crippen molar-refractivity contribution in [3.05, 3.63) is 77.6 Å². The minimum atomic E-state index is -0.213. The molecule has 0 atom stereocenters. The summed E-state index contributed by atoms with van der Waals surface area (Å²) in [4.78, 5) is 19.9. The van der Waals surface area contributed by atoms with Crippen LogP contribution in [0.2, 0.25) is 0 Å². The van der Waals surface area contributed by atoms with Crippen LogP contribution >= 0.6 is 0 Å². The second-order valence-corrected chi connectivity index (χ2v) is 10.7. The summed E-state index contributed by atoms with van der Waals surface area (Å²) in [7, 11) is 0. The van der Waals surface area contributed by atoms with E-state index in [4.69, 9.17) is 14.5 Å². The van der Waals surface area contributed by atoms with Crippen LogP contribution < -0.4 is 9.64 Å². The van der Waals surface area contributed by atoms with Gasteiger partial charge in [-0.25, -0.2) is 0 Å². The van der Waals surface area contributed by atoms with Crippen molar-refractivity contribution in [1.29, 1.82) is 0 Å². The maximum atomic E-state index is 12.7. The monoisotopic (exact) mass is 486 g/mol. The standard InChI is InChI=1S/C31H38N2O3/c1-22(2)36-29(34)19-27-23(3)32-20-28(30(27)33-17-15-31(4,5)16-18-33)25-11-13-26(14-12-25)35-21-24-9-7-6-8-10-24/h6-14,20,22H,15-19,21H2,1-5H3. The van der Waals surface area contributed by atoms with Gasteiger partial charge >= 0.3 is 5.97 Å². The van der Waals surface area contributed by atoms with Gasteiger partial charge in [0, 0.05) is 36.1 Å². The zero-order chi connectivity index (χ0) is 25.7. The van der Waals surface area contributed by atoms with Crippen molar-refractivity contribution in [1.82, 2.24) is 4.98 Å². The molecule has 5 heteroatoms. The highest BCUT2D eigenvalue weighted by molar-refractivity contribution is 5.85. The lowest BCUT2D eigenvalue weighted by atomic mass is 9.82. The van der Waals surface area contributed by atoms with Crippen LogP contribution in [0.1, 0.15) is 57.4 Å². The van der Waals surface area contributed by atoms with Gasteiger partial charge < -0.3 is 14.4 Å². The average Bonchev–Trinajstić information content (AvgIpc) is 2.85. The molecule has 1 aromatic heterocycles. The van der Waals surface area contributed by atoms with Crippen molar-refractivity contribution < 1.29 is 14.3 Å². The van der Waals surface area contributed by atoms with Crippen LogP contribution in [0.15, 0.2) is 60.8 Å². The molecule has 4 rings (SSSR count). The lowest BCUT2D eigenvalue weighted by Gasteiger charge is -2.40. The maximum absolute atomic E-state index is 12.7. The Balaban J connectivity index is 1.65. The van der Waals surface area contributed by atoms with Crippen LogP contribution in [0.5, 0.6) is 5.75 Å². The molecule has 0 saturated carbocycles. The number of piperidine rings is 1. The van der Waals surface area contributed by atoms with Crippen LogP contribution in [0.4, 0.5) is 5.69 Å². The van der Waals surface area contributed by atoms with Crippen molar-refractivity contribution >= 4 is 11.7 Å². The average molecular weight is 487 g/mol. The number of esters is 1. The number of pyridine rings is 1. The number of aromatic nitrogens is 1. The van der Waals surface area contributed by atoms with Crippen molar-refractivity contribution in [2.24, 2.45) is 5.41 Å². The van der Waals surface area contributed by atoms with Gasteiger partial charge in [-0.1, -0.05) is 56.3 Å². The summed E-state index contributed by atoms with van der Waals surface area (Å²) < 4.78 is 11.5. The summed E-state index contributed by atoms with van der Waals surface area (Å²) in [6.45, 7) is 12.9. The normalized spacial score (nSPS) is 15.1. The molecule has 2 heterocycles. The third kappa shape index (κ3) is 6.45. The molecule has 1 aliphatic rings. The molecule has 1 aliphatic heterocycles.